The number of amides is 2. The molecular weight excluding hydrogens is 485 g/mol. The summed E-state index contributed by atoms with van der Waals surface area (Å²) in [7, 11) is 1.48. The molecule has 34 heavy (non-hydrogen) atoms. The van der Waals surface area contributed by atoms with Crippen LogP contribution in [-0.2, 0) is 19.1 Å². The smallest absolute Gasteiger partial charge is 0.411 e. The summed E-state index contributed by atoms with van der Waals surface area (Å²) < 4.78 is 15.8. The monoisotopic (exact) mass is 511 g/mol. The maximum absolute atomic E-state index is 13.2. The Kier molecular flexibility index (Phi) is 7.47. The second-order valence-corrected chi connectivity index (χ2v) is 9.50. The number of rotatable bonds is 4. The van der Waals surface area contributed by atoms with Gasteiger partial charge in [-0.15, -0.1) is 0 Å². The number of methoxy groups -OCH3 is 1. The Labute approximate surface area is 207 Å². The van der Waals surface area contributed by atoms with Crippen molar-refractivity contribution in [2.75, 3.05) is 20.3 Å². The molecule has 2 amide bonds. The van der Waals surface area contributed by atoms with E-state index >= 15 is 0 Å². The van der Waals surface area contributed by atoms with Crippen LogP contribution in [0.25, 0.3) is 10.9 Å². The van der Waals surface area contributed by atoms with E-state index in [1.165, 1.54) is 12.0 Å². The molecule has 1 aromatic carbocycles. The van der Waals surface area contributed by atoms with Crippen molar-refractivity contribution < 1.29 is 28.6 Å². The van der Waals surface area contributed by atoms with Gasteiger partial charge in [0.05, 0.1) is 36.3 Å². The molecule has 0 fully saturated rings. The third kappa shape index (κ3) is 4.86. The largest absolute Gasteiger partial charge is 0.495 e. The van der Waals surface area contributed by atoms with Gasteiger partial charge >= 0.3 is 18.0 Å². The van der Waals surface area contributed by atoms with Gasteiger partial charge in [-0.1, -0.05) is 23.2 Å². The molecule has 0 saturated heterocycles. The molecule has 2 atom stereocenters. The van der Waals surface area contributed by atoms with Crippen molar-refractivity contribution >= 4 is 52.1 Å². The molecular formula is C23H27Cl2N3O6. The lowest BCUT2D eigenvalue weighted by Crippen LogP contribution is -2.43. The Morgan fingerprint density at radius 1 is 1.21 bits per heavy atom. The first-order valence-electron chi connectivity index (χ1n) is 10.7. The third-order valence-corrected chi connectivity index (χ3v) is 6.19. The number of aromatic nitrogens is 1. The van der Waals surface area contributed by atoms with Crippen LogP contribution in [0.3, 0.4) is 0 Å². The number of nitrogens with zero attached hydrogens (tertiary/aromatic N) is 2. The van der Waals surface area contributed by atoms with Crippen LogP contribution in [0.15, 0.2) is 12.3 Å². The fourth-order valence-electron chi connectivity index (χ4n) is 3.99. The number of carbonyl (C=O) groups is 3. The lowest BCUT2D eigenvalue weighted by molar-refractivity contribution is -0.154. The Balaban J connectivity index is 2.10. The lowest BCUT2D eigenvalue weighted by Gasteiger charge is -2.31. The zero-order valence-corrected chi connectivity index (χ0v) is 21.3. The molecule has 0 aliphatic carbocycles. The van der Waals surface area contributed by atoms with Gasteiger partial charge < -0.3 is 19.5 Å². The van der Waals surface area contributed by atoms with Gasteiger partial charge in [0.1, 0.15) is 16.4 Å². The number of hydrogen-bond acceptors (Lipinski definition) is 7. The molecule has 0 radical (unpaired) electrons. The standard InChI is InChI=1S/C23H27Cl2N3O6/c1-7-33-21(30)20(29)27-10-14-13-9-26-19-12(8-15(32-6)17(24)18(19)25)16(13)11(2)28(14)22(31)34-23(3,4)5/h8-9,11,14H,7,10H2,1-6H3,(H,27,29)/t11-,14?/m0/s1. The summed E-state index contributed by atoms with van der Waals surface area (Å²) in [6.45, 7) is 8.75. The molecule has 11 heteroatoms. The summed E-state index contributed by atoms with van der Waals surface area (Å²) in [5, 5.41) is 3.67. The van der Waals surface area contributed by atoms with E-state index in [-0.39, 0.29) is 23.2 Å². The highest BCUT2D eigenvalue weighted by molar-refractivity contribution is 6.46. The highest BCUT2D eigenvalue weighted by Gasteiger charge is 2.43. The number of fused-ring (bicyclic) bond motifs is 3. The number of benzene rings is 1. The zero-order chi connectivity index (χ0) is 25.4. The summed E-state index contributed by atoms with van der Waals surface area (Å²) in [5.41, 5.74) is 1.15. The van der Waals surface area contributed by atoms with Crippen molar-refractivity contribution in [3.8, 4) is 5.75 Å². The molecule has 2 heterocycles. The first-order chi connectivity index (χ1) is 15.9. The molecule has 0 spiro atoms. The van der Waals surface area contributed by atoms with E-state index in [1.54, 1.807) is 40.0 Å². The van der Waals surface area contributed by atoms with Crippen molar-refractivity contribution in [2.45, 2.75) is 52.3 Å². The van der Waals surface area contributed by atoms with Crippen LogP contribution in [-0.4, -0.2) is 53.7 Å². The van der Waals surface area contributed by atoms with Crippen LogP contribution < -0.4 is 10.1 Å². The van der Waals surface area contributed by atoms with E-state index in [9.17, 15) is 14.4 Å². The molecule has 1 unspecified atom stereocenters. The number of halogens is 2. The Morgan fingerprint density at radius 2 is 1.88 bits per heavy atom. The van der Waals surface area contributed by atoms with E-state index in [4.69, 9.17) is 37.4 Å². The molecule has 9 nitrogen and oxygen atoms in total. The highest BCUT2D eigenvalue weighted by atomic mass is 35.5. The first kappa shape index (κ1) is 25.8. The van der Waals surface area contributed by atoms with Crippen molar-refractivity contribution in [3.05, 3.63) is 33.4 Å². The third-order valence-electron chi connectivity index (χ3n) is 5.35. The molecule has 2 aromatic rings. The summed E-state index contributed by atoms with van der Waals surface area (Å²) in [4.78, 5) is 43.2. The first-order valence-corrected chi connectivity index (χ1v) is 11.5. The minimum atomic E-state index is -1.000. The molecule has 1 aromatic heterocycles. The van der Waals surface area contributed by atoms with Crippen molar-refractivity contribution in [1.82, 2.24) is 15.2 Å². The number of nitrogens with one attached hydrogen (secondary N) is 1. The number of carbonyl (C=O) groups excluding carboxylic acids is 3. The van der Waals surface area contributed by atoms with Gasteiger partial charge in [0.25, 0.3) is 0 Å². The van der Waals surface area contributed by atoms with Crippen molar-refractivity contribution in [2.24, 2.45) is 0 Å². The number of pyridine rings is 1. The minimum Gasteiger partial charge on any atom is -0.495 e. The van der Waals surface area contributed by atoms with E-state index in [0.717, 1.165) is 5.56 Å². The Bertz CT molecular complexity index is 1150. The predicted octanol–water partition coefficient (Wildman–Crippen LogP) is 4.58. The van der Waals surface area contributed by atoms with Crippen LogP contribution >= 0.6 is 23.2 Å². The molecule has 1 N–H and O–H groups in total. The zero-order valence-electron chi connectivity index (χ0n) is 19.8. The second kappa shape index (κ2) is 9.84. The lowest BCUT2D eigenvalue weighted by atomic mass is 9.99. The van der Waals surface area contributed by atoms with Crippen LogP contribution in [0.4, 0.5) is 4.79 Å². The average Bonchev–Trinajstić information content (AvgIpc) is 3.05. The number of esters is 1. The number of ether oxygens (including phenoxy) is 3. The molecule has 1 aliphatic rings. The van der Waals surface area contributed by atoms with Gasteiger partial charge in [0.2, 0.25) is 0 Å². The van der Waals surface area contributed by atoms with Crippen molar-refractivity contribution in [1.29, 1.82) is 0 Å². The number of hydrogen-bond donors (Lipinski definition) is 1. The molecule has 1 aliphatic heterocycles. The summed E-state index contributed by atoms with van der Waals surface area (Å²) in [6, 6.07) is 0.594. The topological polar surface area (TPSA) is 107 Å². The van der Waals surface area contributed by atoms with Gasteiger partial charge in [-0.2, -0.15) is 0 Å². The van der Waals surface area contributed by atoms with Gasteiger partial charge in [0.15, 0.2) is 0 Å². The van der Waals surface area contributed by atoms with Gasteiger partial charge in [-0.25, -0.2) is 9.59 Å². The molecule has 184 valence electrons. The van der Waals surface area contributed by atoms with Crippen molar-refractivity contribution in [3.63, 3.8) is 0 Å². The van der Waals surface area contributed by atoms with Crippen LogP contribution in [0, 0.1) is 0 Å². The molecule has 0 bridgehead atoms. The average molecular weight is 512 g/mol. The minimum absolute atomic E-state index is 0.0557. The maximum atomic E-state index is 13.2. The molecule has 3 rings (SSSR count). The van der Waals surface area contributed by atoms with E-state index in [0.29, 0.717) is 22.2 Å². The van der Waals surface area contributed by atoms with Gasteiger partial charge in [-0.3, -0.25) is 14.7 Å². The van der Waals surface area contributed by atoms with Gasteiger partial charge in [-0.05, 0) is 46.2 Å². The predicted molar refractivity (Wildman–Crippen MR) is 127 cm³/mol. The Morgan fingerprint density at radius 3 is 2.47 bits per heavy atom. The highest BCUT2D eigenvalue weighted by Crippen LogP contribution is 2.48. The van der Waals surface area contributed by atoms with Crippen LogP contribution in [0.1, 0.15) is 57.8 Å². The quantitative estimate of drug-likeness (QED) is 0.472. The van der Waals surface area contributed by atoms with E-state index < -0.39 is 35.7 Å². The fourth-order valence-corrected chi connectivity index (χ4v) is 4.45. The van der Waals surface area contributed by atoms with Gasteiger partial charge in [0, 0.05) is 23.7 Å². The van der Waals surface area contributed by atoms with Crippen LogP contribution in [0.2, 0.25) is 10.0 Å². The normalized spacial score (nSPS) is 17.4. The molecule has 0 saturated carbocycles. The summed E-state index contributed by atoms with van der Waals surface area (Å²) in [5.74, 6) is -1.54. The summed E-state index contributed by atoms with van der Waals surface area (Å²) >= 11 is 12.8. The van der Waals surface area contributed by atoms with E-state index in [2.05, 4.69) is 10.3 Å². The summed E-state index contributed by atoms with van der Waals surface area (Å²) in [6.07, 6.45) is 1.01. The Hall–Kier alpha value is -2.78. The maximum Gasteiger partial charge on any atom is 0.411 e. The second-order valence-electron chi connectivity index (χ2n) is 8.74. The van der Waals surface area contributed by atoms with Crippen LogP contribution in [0.5, 0.6) is 5.75 Å². The fraction of sp³-hybridized carbons (Fsp3) is 0.478. The van der Waals surface area contributed by atoms with E-state index in [1.807, 2.05) is 6.92 Å². The SMILES string of the molecule is CCOC(=O)C(=O)NCC1c2cnc3c(Cl)c(Cl)c(OC)cc3c2[C@H](C)N1C(=O)OC(C)(C)C.